The molecule has 0 aromatic heterocycles. The number of ether oxygens (including phenoxy) is 4. The third-order valence-corrected chi connectivity index (χ3v) is 7.81. The third kappa shape index (κ3) is 1.36. The standard InChI is InChI=1S/C19H24O7/c1-8(2)11(20)23-13-16(4)9(3)6-7-10-19(16,25-10)12(21)18(13)14(22)24-15-17(18,5)26-15/h8-10,13,15H,6-7H2,1-5H3/t9-,10+,13-,15+,16-,17-,18+,19-/m0/s1. The van der Waals surface area contributed by atoms with Crippen molar-refractivity contribution in [2.75, 3.05) is 0 Å². The molecule has 0 N–H and O–H groups in total. The van der Waals surface area contributed by atoms with Crippen LogP contribution in [-0.2, 0) is 33.3 Å². The number of esters is 2. The van der Waals surface area contributed by atoms with Crippen molar-refractivity contribution >= 4 is 17.7 Å². The Morgan fingerprint density at radius 2 is 1.88 bits per heavy atom. The molecule has 0 radical (unpaired) electrons. The number of hydrogen-bond acceptors (Lipinski definition) is 7. The lowest BCUT2D eigenvalue weighted by Gasteiger charge is -2.43. The van der Waals surface area contributed by atoms with E-state index in [-0.39, 0.29) is 23.7 Å². The van der Waals surface area contributed by atoms with Crippen LogP contribution in [0.15, 0.2) is 0 Å². The lowest BCUT2D eigenvalue weighted by Crippen LogP contribution is -2.56. The van der Waals surface area contributed by atoms with Gasteiger partial charge in [0.2, 0.25) is 11.7 Å². The Balaban J connectivity index is 1.73. The fraction of sp³-hybridized carbons (Fsp3) is 0.842. The van der Waals surface area contributed by atoms with Crippen LogP contribution in [0.25, 0.3) is 0 Å². The molecule has 3 saturated heterocycles. The number of carbonyl (C=O) groups excluding carboxylic acids is 3. The molecule has 8 atom stereocenters. The maximum atomic E-state index is 13.8. The lowest BCUT2D eigenvalue weighted by atomic mass is 9.61. The summed E-state index contributed by atoms with van der Waals surface area (Å²) in [6, 6.07) is 0. The zero-order valence-corrected chi connectivity index (χ0v) is 15.7. The Kier molecular flexibility index (Phi) is 2.78. The van der Waals surface area contributed by atoms with E-state index in [4.69, 9.17) is 18.9 Å². The zero-order chi connectivity index (χ0) is 18.9. The molecular formula is C19H24O7. The molecule has 142 valence electrons. The lowest BCUT2D eigenvalue weighted by molar-refractivity contribution is -0.187. The Labute approximate surface area is 151 Å². The van der Waals surface area contributed by atoms with Gasteiger partial charge in [-0.3, -0.25) is 14.4 Å². The van der Waals surface area contributed by atoms with Crippen molar-refractivity contribution in [3.05, 3.63) is 0 Å². The summed E-state index contributed by atoms with van der Waals surface area (Å²) in [6.07, 6.45) is -0.336. The SMILES string of the molecule is CC(C)C(=O)O[C@@H]1[C@@]2(C(=O)O[C@@H]3O[C@@]32C)C(=O)[C@@]23O[C@@H]2CC[C@H](C)[C@@]13C. The first-order valence-corrected chi connectivity index (χ1v) is 9.40. The molecule has 0 unspecified atom stereocenters. The molecule has 7 heteroatoms. The molecule has 5 fully saturated rings. The molecule has 2 saturated carbocycles. The Morgan fingerprint density at radius 1 is 1.19 bits per heavy atom. The van der Waals surface area contributed by atoms with Gasteiger partial charge in [0.1, 0.15) is 6.10 Å². The van der Waals surface area contributed by atoms with Gasteiger partial charge in [0.05, 0.1) is 12.0 Å². The fourth-order valence-corrected chi connectivity index (χ4v) is 5.90. The van der Waals surface area contributed by atoms with Crippen molar-refractivity contribution in [2.24, 2.45) is 22.7 Å². The summed E-state index contributed by atoms with van der Waals surface area (Å²) in [4.78, 5) is 39.3. The molecule has 3 heterocycles. The van der Waals surface area contributed by atoms with Gasteiger partial charge in [-0.1, -0.05) is 27.7 Å². The van der Waals surface area contributed by atoms with E-state index >= 15 is 0 Å². The first kappa shape index (κ1) is 16.7. The molecular weight excluding hydrogens is 340 g/mol. The van der Waals surface area contributed by atoms with E-state index in [1.165, 1.54) is 0 Å². The van der Waals surface area contributed by atoms with E-state index in [9.17, 15) is 14.4 Å². The quantitative estimate of drug-likeness (QED) is 0.415. The third-order valence-electron chi connectivity index (χ3n) is 7.81. The first-order valence-electron chi connectivity index (χ1n) is 9.40. The second-order valence-electron chi connectivity index (χ2n) is 9.17. The summed E-state index contributed by atoms with van der Waals surface area (Å²) in [5, 5.41) is 0. The summed E-state index contributed by atoms with van der Waals surface area (Å²) < 4.78 is 22.9. The van der Waals surface area contributed by atoms with Crippen LogP contribution in [0.2, 0.25) is 0 Å². The molecule has 2 aliphatic carbocycles. The van der Waals surface area contributed by atoms with E-state index in [1.807, 2.05) is 13.8 Å². The minimum absolute atomic E-state index is 0.0451. The van der Waals surface area contributed by atoms with Gasteiger partial charge < -0.3 is 18.9 Å². The number of rotatable bonds is 2. The van der Waals surface area contributed by atoms with E-state index in [0.717, 1.165) is 12.8 Å². The van der Waals surface area contributed by atoms with Crippen LogP contribution in [0.4, 0.5) is 0 Å². The number of carbonyl (C=O) groups is 3. The van der Waals surface area contributed by atoms with E-state index in [1.54, 1.807) is 20.8 Å². The van der Waals surface area contributed by atoms with Crippen LogP contribution in [0, 0.1) is 22.7 Å². The number of fused-ring (bicyclic) bond motifs is 2. The zero-order valence-electron chi connectivity index (χ0n) is 15.7. The second-order valence-corrected chi connectivity index (χ2v) is 9.17. The molecule has 2 spiro atoms. The van der Waals surface area contributed by atoms with Crippen LogP contribution in [0.1, 0.15) is 47.5 Å². The highest BCUT2D eigenvalue weighted by atomic mass is 16.8. The molecule has 0 amide bonds. The van der Waals surface area contributed by atoms with Gasteiger partial charge in [-0.05, 0) is 25.7 Å². The van der Waals surface area contributed by atoms with Gasteiger partial charge >= 0.3 is 11.9 Å². The van der Waals surface area contributed by atoms with Crippen LogP contribution in [0.5, 0.6) is 0 Å². The highest BCUT2D eigenvalue weighted by molar-refractivity contribution is 6.16. The second kappa shape index (κ2) is 4.33. The summed E-state index contributed by atoms with van der Waals surface area (Å²) in [5.74, 6) is -1.73. The smallest absolute Gasteiger partial charge is 0.329 e. The van der Waals surface area contributed by atoms with Crippen LogP contribution < -0.4 is 0 Å². The molecule has 3 aliphatic heterocycles. The summed E-state index contributed by atoms with van der Waals surface area (Å²) in [6.45, 7) is 9.13. The van der Waals surface area contributed by atoms with Crippen molar-refractivity contribution < 1.29 is 33.3 Å². The van der Waals surface area contributed by atoms with Crippen LogP contribution in [0.3, 0.4) is 0 Å². The topological polar surface area (TPSA) is 94.7 Å². The van der Waals surface area contributed by atoms with E-state index in [0.29, 0.717) is 0 Å². The van der Waals surface area contributed by atoms with Gasteiger partial charge in [-0.15, -0.1) is 0 Å². The van der Waals surface area contributed by atoms with Crippen molar-refractivity contribution in [2.45, 2.75) is 77.2 Å². The highest BCUT2D eigenvalue weighted by Gasteiger charge is 2.97. The predicted molar refractivity (Wildman–Crippen MR) is 85.6 cm³/mol. The van der Waals surface area contributed by atoms with Gasteiger partial charge in [-0.2, -0.15) is 0 Å². The largest absolute Gasteiger partial charge is 0.460 e. The molecule has 5 rings (SSSR count). The Hall–Kier alpha value is -1.47. The average molecular weight is 364 g/mol. The summed E-state index contributed by atoms with van der Waals surface area (Å²) in [7, 11) is 0. The van der Waals surface area contributed by atoms with Gasteiger partial charge in [0.25, 0.3) is 0 Å². The van der Waals surface area contributed by atoms with Crippen LogP contribution in [-0.4, -0.2) is 47.4 Å². The molecule has 0 aromatic rings. The fourth-order valence-electron chi connectivity index (χ4n) is 5.90. The number of Topliss-reactive ketones (excluding diaryl/α,β-unsaturated/α-hetero) is 1. The van der Waals surface area contributed by atoms with Crippen molar-refractivity contribution in [3.8, 4) is 0 Å². The molecule has 0 bridgehead atoms. The predicted octanol–water partition coefficient (Wildman–Crippen LogP) is 1.37. The maximum absolute atomic E-state index is 13.8. The van der Waals surface area contributed by atoms with E-state index < -0.39 is 46.4 Å². The normalized spacial score (nSPS) is 56.1. The average Bonchev–Trinajstić information content (AvgIpc) is 3.43. The summed E-state index contributed by atoms with van der Waals surface area (Å²) >= 11 is 0. The Morgan fingerprint density at radius 3 is 2.46 bits per heavy atom. The van der Waals surface area contributed by atoms with E-state index in [2.05, 4.69) is 0 Å². The molecule has 7 nitrogen and oxygen atoms in total. The molecule has 5 aliphatic rings. The monoisotopic (exact) mass is 364 g/mol. The first-order chi connectivity index (χ1) is 12.1. The minimum Gasteiger partial charge on any atom is -0.460 e. The van der Waals surface area contributed by atoms with Crippen LogP contribution >= 0.6 is 0 Å². The highest BCUT2D eigenvalue weighted by Crippen LogP contribution is 2.77. The Bertz CT molecular complexity index is 761. The molecule has 0 aromatic carbocycles. The summed E-state index contributed by atoms with van der Waals surface area (Å²) in [5.41, 5.74) is -4.63. The molecule has 26 heavy (non-hydrogen) atoms. The van der Waals surface area contributed by atoms with Gasteiger partial charge in [0, 0.05) is 5.41 Å². The number of ketones is 1. The van der Waals surface area contributed by atoms with Gasteiger partial charge in [0.15, 0.2) is 17.0 Å². The van der Waals surface area contributed by atoms with Crippen molar-refractivity contribution in [1.82, 2.24) is 0 Å². The minimum atomic E-state index is -1.65. The number of epoxide rings is 2. The number of hydrogen-bond donors (Lipinski definition) is 0. The van der Waals surface area contributed by atoms with Crippen molar-refractivity contribution in [1.29, 1.82) is 0 Å². The maximum Gasteiger partial charge on any atom is 0.329 e. The van der Waals surface area contributed by atoms with Gasteiger partial charge in [-0.25, -0.2) is 0 Å². The van der Waals surface area contributed by atoms with Crippen molar-refractivity contribution in [3.63, 3.8) is 0 Å².